The van der Waals surface area contributed by atoms with E-state index in [9.17, 15) is 4.79 Å². The summed E-state index contributed by atoms with van der Waals surface area (Å²) < 4.78 is 6.14. The zero-order chi connectivity index (χ0) is 13.6. The molecule has 1 unspecified atom stereocenters. The molecule has 0 saturated carbocycles. The van der Waals surface area contributed by atoms with E-state index in [1.54, 1.807) is 0 Å². The highest BCUT2D eigenvalue weighted by molar-refractivity contribution is 9.10. The lowest BCUT2D eigenvalue weighted by atomic mass is 9.78. The molecule has 0 saturated heterocycles. The maximum Gasteiger partial charge on any atom is 0.316 e. The summed E-state index contributed by atoms with van der Waals surface area (Å²) in [6.07, 6.45) is 1.47. The van der Waals surface area contributed by atoms with Crippen LogP contribution >= 0.6 is 15.9 Å². The SMILES string of the molecule is CCOC(=O)C(C)(CCCN)c1ccccc1Br. The van der Waals surface area contributed by atoms with E-state index in [-0.39, 0.29) is 5.97 Å². The van der Waals surface area contributed by atoms with Gasteiger partial charge in [0.05, 0.1) is 12.0 Å². The number of hydrogen-bond acceptors (Lipinski definition) is 3. The van der Waals surface area contributed by atoms with Crippen LogP contribution in [0, 0.1) is 0 Å². The Balaban J connectivity index is 3.11. The van der Waals surface area contributed by atoms with Crippen LogP contribution in [0.25, 0.3) is 0 Å². The van der Waals surface area contributed by atoms with Gasteiger partial charge < -0.3 is 10.5 Å². The van der Waals surface area contributed by atoms with Crippen LogP contribution in [0.5, 0.6) is 0 Å². The number of ether oxygens (including phenoxy) is 1. The predicted molar refractivity (Wildman–Crippen MR) is 76.4 cm³/mol. The lowest BCUT2D eigenvalue weighted by molar-refractivity contribution is -0.149. The van der Waals surface area contributed by atoms with E-state index >= 15 is 0 Å². The summed E-state index contributed by atoms with van der Waals surface area (Å²) in [4.78, 5) is 12.2. The third-order valence-corrected chi connectivity index (χ3v) is 3.77. The molecule has 2 N–H and O–H groups in total. The smallest absolute Gasteiger partial charge is 0.316 e. The number of benzene rings is 1. The predicted octanol–water partition coefficient (Wildman–Crippen LogP) is 3.01. The first kappa shape index (κ1) is 15.2. The molecule has 1 atom stereocenters. The van der Waals surface area contributed by atoms with E-state index in [4.69, 9.17) is 10.5 Å². The molecule has 0 aliphatic carbocycles. The Morgan fingerprint density at radius 3 is 2.67 bits per heavy atom. The number of esters is 1. The molecule has 1 rings (SSSR count). The molecular formula is C14H20BrNO2. The van der Waals surface area contributed by atoms with Crippen molar-refractivity contribution in [2.45, 2.75) is 32.1 Å². The second-order valence-electron chi connectivity index (χ2n) is 4.42. The molecule has 0 fully saturated rings. The molecule has 0 spiro atoms. The van der Waals surface area contributed by atoms with Gasteiger partial charge in [0, 0.05) is 4.47 Å². The Bertz CT molecular complexity index is 409. The van der Waals surface area contributed by atoms with Crippen molar-refractivity contribution >= 4 is 21.9 Å². The zero-order valence-corrected chi connectivity index (χ0v) is 12.5. The molecule has 0 amide bonds. The van der Waals surface area contributed by atoms with Gasteiger partial charge in [-0.15, -0.1) is 0 Å². The standard InChI is InChI=1S/C14H20BrNO2/c1-3-18-13(17)14(2,9-6-10-16)11-7-4-5-8-12(11)15/h4-5,7-8H,3,6,9-10,16H2,1-2H3. The molecule has 0 heterocycles. The Kier molecular flexibility index (Phi) is 5.82. The maximum atomic E-state index is 12.2. The van der Waals surface area contributed by atoms with Crippen molar-refractivity contribution < 1.29 is 9.53 Å². The van der Waals surface area contributed by atoms with Gasteiger partial charge in [0.15, 0.2) is 0 Å². The Morgan fingerprint density at radius 2 is 2.11 bits per heavy atom. The third kappa shape index (κ3) is 3.33. The molecule has 100 valence electrons. The summed E-state index contributed by atoms with van der Waals surface area (Å²) in [6.45, 7) is 4.70. The van der Waals surface area contributed by atoms with Crippen LogP contribution in [0.3, 0.4) is 0 Å². The average molecular weight is 314 g/mol. The topological polar surface area (TPSA) is 52.3 Å². The number of carbonyl (C=O) groups is 1. The summed E-state index contributed by atoms with van der Waals surface area (Å²) in [5, 5.41) is 0. The van der Waals surface area contributed by atoms with E-state index in [0.717, 1.165) is 16.5 Å². The van der Waals surface area contributed by atoms with E-state index in [1.807, 2.05) is 38.1 Å². The van der Waals surface area contributed by atoms with Crippen molar-refractivity contribution in [2.75, 3.05) is 13.2 Å². The number of hydrogen-bond donors (Lipinski definition) is 1. The molecule has 0 aliphatic heterocycles. The van der Waals surface area contributed by atoms with Gasteiger partial charge in [0.25, 0.3) is 0 Å². The summed E-state index contributed by atoms with van der Waals surface area (Å²) in [6, 6.07) is 7.76. The lowest BCUT2D eigenvalue weighted by Crippen LogP contribution is -2.35. The molecule has 0 aromatic heterocycles. The highest BCUT2D eigenvalue weighted by atomic mass is 79.9. The minimum atomic E-state index is -0.643. The van der Waals surface area contributed by atoms with Crippen molar-refractivity contribution in [3.05, 3.63) is 34.3 Å². The van der Waals surface area contributed by atoms with E-state index in [2.05, 4.69) is 15.9 Å². The number of halogens is 1. The summed E-state index contributed by atoms with van der Waals surface area (Å²) in [5.74, 6) is -0.189. The number of nitrogens with two attached hydrogens (primary N) is 1. The van der Waals surface area contributed by atoms with Gasteiger partial charge in [-0.25, -0.2) is 0 Å². The average Bonchev–Trinajstić information content (AvgIpc) is 2.36. The van der Waals surface area contributed by atoms with Crippen molar-refractivity contribution in [1.82, 2.24) is 0 Å². The fourth-order valence-electron chi connectivity index (χ4n) is 2.00. The second-order valence-corrected chi connectivity index (χ2v) is 5.28. The molecule has 0 bridgehead atoms. The van der Waals surface area contributed by atoms with Gasteiger partial charge in [-0.05, 0) is 44.9 Å². The van der Waals surface area contributed by atoms with Gasteiger partial charge in [-0.3, -0.25) is 4.79 Å². The Labute approximate surface area is 117 Å². The summed E-state index contributed by atoms with van der Waals surface area (Å²) in [5.41, 5.74) is 5.87. The summed E-state index contributed by atoms with van der Waals surface area (Å²) >= 11 is 3.50. The number of carbonyl (C=O) groups excluding carboxylic acids is 1. The highest BCUT2D eigenvalue weighted by Gasteiger charge is 2.37. The van der Waals surface area contributed by atoms with Gasteiger partial charge >= 0.3 is 5.97 Å². The van der Waals surface area contributed by atoms with Crippen LogP contribution in [0.15, 0.2) is 28.7 Å². The molecule has 0 aliphatic rings. The van der Waals surface area contributed by atoms with Crippen molar-refractivity contribution in [1.29, 1.82) is 0 Å². The monoisotopic (exact) mass is 313 g/mol. The normalized spacial score (nSPS) is 14.0. The Hall–Kier alpha value is -0.870. The van der Waals surface area contributed by atoms with Crippen molar-refractivity contribution in [3.63, 3.8) is 0 Å². The molecule has 1 aromatic rings. The maximum absolute atomic E-state index is 12.2. The van der Waals surface area contributed by atoms with Crippen LogP contribution in [0.1, 0.15) is 32.3 Å². The molecule has 1 aromatic carbocycles. The van der Waals surface area contributed by atoms with Gasteiger partial charge in [-0.1, -0.05) is 34.1 Å². The van der Waals surface area contributed by atoms with Crippen molar-refractivity contribution in [2.24, 2.45) is 5.73 Å². The van der Waals surface area contributed by atoms with Gasteiger partial charge in [-0.2, -0.15) is 0 Å². The fourth-order valence-corrected chi connectivity index (χ4v) is 2.72. The van der Waals surface area contributed by atoms with Gasteiger partial charge in [0.2, 0.25) is 0 Å². The molecule has 0 radical (unpaired) electrons. The van der Waals surface area contributed by atoms with E-state index in [0.29, 0.717) is 19.6 Å². The van der Waals surface area contributed by atoms with Gasteiger partial charge in [0.1, 0.15) is 0 Å². The molecular weight excluding hydrogens is 294 g/mol. The minimum absolute atomic E-state index is 0.189. The summed E-state index contributed by atoms with van der Waals surface area (Å²) in [7, 11) is 0. The lowest BCUT2D eigenvalue weighted by Gasteiger charge is -2.28. The molecule has 4 heteroatoms. The Morgan fingerprint density at radius 1 is 1.44 bits per heavy atom. The number of rotatable bonds is 6. The first-order valence-corrected chi connectivity index (χ1v) is 6.98. The molecule has 18 heavy (non-hydrogen) atoms. The highest BCUT2D eigenvalue weighted by Crippen LogP contribution is 2.35. The minimum Gasteiger partial charge on any atom is -0.465 e. The molecule has 3 nitrogen and oxygen atoms in total. The van der Waals surface area contributed by atoms with Crippen LogP contribution in [-0.2, 0) is 14.9 Å². The van der Waals surface area contributed by atoms with Crippen LogP contribution in [0.4, 0.5) is 0 Å². The zero-order valence-electron chi connectivity index (χ0n) is 10.9. The fraction of sp³-hybridized carbons (Fsp3) is 0.500. The first-order chi connectivity index (χ1) is 8.56. The second kappa shape index (κ2) is 6.90. The van der Waals surface area contributed by atoms with E-state index < -0.39 is 5.41 Å². The van der Waals surface area contributed by atoms with Crippen molar-refractivity contribution in [3.8, 4) is 0 Å². The van der Waals surface area contributed by atoms with Crippen LogP contribution < -0.4 is 5.73 Å². The first-order valence-electron chi connectivity index (χ1n) is 6.18. The quantitative estimate of drug-likeness (QED) is 0.821. The largest absolute Gasteiger partial charge is 0.465 e. The third-order valence-electron chi connectivity index (χ3n) is 3.08. The van der Waals surface area contributed by atoms with E-state index in [1.165, 1.54) is 0 Å². The van der Waals surface area contributed by atoms with Crippen LogP contribution in [-0.4, -0.2) is 19.1 Å². The van der Waals surface area contributed by atoms with Crippen LogP contribution in [0.2, 0.25) is 0 Å².